The van der Waals surface area contributed by atoms with E-state index in [-0.39, 0.29) is 5.56 Å². The molecule has 0 unspecified atom stereocenters. The van der Waals surface area contributed by atoms with Crippen LogP contribution in [0.4, 0.5) is 13.2 Å². The van der Waals surface area contributed by atoms with Crippen LogP contribution in [0.15, 0.2) is 47.5 Å². The molecule has 1 aliphatic carbocycles. The smallest absolute Gasteiger partial charge is 0.283 e. The van der Waals surface area contributed by atoms with Gasteiger partial charge in [-0.05, 0) is 34.7 Å². The van der Waals surface area contributed by atoms with E-state index in [1.165, 1.54) is 13.1 Å². The second kappa shape index (κ2) is 4.47. The number of aliphatic imine (C=N–C) groups is 1. The van der Waals surface area contributed by atoms with Crippen molar-refractivity contribution < 1.29 is 13.2 Å². The molecule has 0 heterocycles. The minimum absolute atomic E-state index is 0.121. The predicted octanol–water partition coefficient (Wildman–Crippen LogP) is 4.24. The Morgan fingerprint density at radius 2 is 1.70 bits per heavy atom. The van der Waals surface area contributed by atoms with Crippen LogP contribution in [0.5, 0.6) is 0 Å². The summed E-state index contributed by atoms with van der Waals surface area (Å²) < 4.78 is 38.8. The molecule has 0 amide bonds. The van der Waals surface area contributed by atoms with Gasteiger partial charge in [0.25, 0.3) is 0 Å². The summed E-state index contributed by atoms with van der Waals surface area (Å²) >= 11 is 0. The highest BCUT2D eigenvalue weighted by atomic mass is 19.4. The van der Waals surface area contributed by atoms with Crippen LogP contribution in [0.3, 0.4) is 0 Å². The van der Waals surface area contributed by atoms with Gasteiger partial charge in [-0.1, -0.05) is 36.4 Å². The standard InChI is InChI=1S/C16H12F3N/c1-20-15(16(17,18)19)12-7-6-11-8-10-4-2-3-5-13(10)14(11)9-12/h2-7,9H,8H2,1H3/b20-15-. The van der Waals surface area contributed by atoms with Gasteiger partial charge in [0.15, 0.2) is 0 Å². The van der Waals surface area contributed by atoms with Crippen LogP contribution in [-0.2, 0) is 6.42 Å². The Kier molecular flexibility index (Phi) is 2.89. The van der Waals surface area contributed by atoms with E-state index in [2.05, 4.69) is 4.99 Å². The summed E-state index contributed by atoms with van der Waals surface area (Å²) in [4.78, 5) is 3.40. The van der Waals surface area contributed by atoms with E-state index in [9.17, 15) is 13.2 Å². The number of fused-ring (bicyclic) bond motifs is 3. The first kappa shape index (κ1) is 12.9. The summed E-state index contributed by atoms with van der Waals surface area (Å²) in [6, 6.07) is 12.7. The molecule has 0 aromatic heterocycles. The van der Waals surface area contributed by atoms with E-state index < -0.39 is 11.9 Å². The Balaban J connectivity index is 2.13. The molecule has 0 bridgehead atoms. The minimum atomic E-state index is -4.43. The SMILES string of the molecule is C/N=C(/c1ccc2c(c1)-c1ccccc1C2)C(F)(F)F. The fraction of sp³-hybridized carbons (Fsp3) is 0.188. The lowest BCUT2D eigenvalue weighted by Gasteiger charge is -2.11. The molecule has 2 aromatic rings. The van der Waals surface area contributed by atoms with Crippen molar-refractivity contribution in [1.82, 2.24) is 0 Å². The van der Waals surface area contributed by atoms with Crippen LogP contribution in [0, 0.1) is 0 Å². The van der Waals surface area contributed by atoms with Crippen LogP contribution in [-0.4, -0.2) is 18.9 Å². The third-order valence-electron chi connectivity index (χ3n) is 3.56. The molecule has 0 saturated carbocycles. The highest BCUT2D eigenvalue weighted by Crippen LogP contribution is 2.37. The molecule has 0 aliphatic heterocycles. The molecule has 0 saturated heterocycles. The van der Waals surface area contributed by atoms with Crippen LogP contribution < -0.4 is 0 Å². The van der Waals surface area contributed by atoms with Crippen molar-refractivity contribution in [3.8, 4) is 11.1 Å². The zero-order valence-corrected chi connectivity index (χ0v) is 10.8. The highest BCUT2D eigenvalue weighted by Gasteiger charge is 2.36. The van der Waals surface area contributed by atoms with Crippen LogP contribution >= 0.6 is 0 Å². The van der Waals surface area contributed by atoms with Crippen molar-refractivity contribution in [2.75, 3.05) is 7.05 Å². The summed E-state index contributed by atoms with van der Waals surface area (Å²) in [7, 11) is 1.17. The predicted molar refractivity (Wildman–Crippen MR) is 73.2 cm³/mol. The van der Waals surface area contributed by atoms with E-state index in [0.29, 0.717) is 0 Å². The van der Waals surface area contributed by atoms with Crippen LogP contribution in [0.25, 0.3) is 11.1 Å². The van der Waals surface area contributed by atoms with Crippen LogP contribution in [0.1, 0.15) is 16.7 Å². The van der Waals surface area contributed by atoms with Gasteiger partial charge in [-0.15, -0.1) is 0 Å². The lowest BCUT2D eigenvalue weighted by atomic mass is 10.0. The van der Waals surface area contributed by atoms with Gasteiger partial charge in [0, 0.05) is 12.6 Å². The first-order chi connectivity index (χ1) is 9.50. The van der Waals surface area contributed by atoms with Gasteiger partial charge in [-0.3, -0.25) is 4.99 Å². The molecule has 0 N–H and O–H groups in total. The first-order valence-corrected chi connectivity index (χ1v) is 6.26. The fourth-order valence-electron chi connectivity index (χ4n) is 2.69. The largest absolute Gasteiger partial charge is 0.433 e. The summed E-state index contributed by atoms with van der Waals surface area (Å²) in [5.74, 6) is 0. The van der Waals surface area contributed by atoms with E-state index in [1.807, 2.05) is 24.3 Å². The topological polar surface area (TPSA) is 12.4 Å². The number of hydrogen-bond donors (Lipinski definition) is 0. The molecule has 1 nitrogen and oxygen atoms in total. The first-order valence-electron chi connectivity index (χ1n) is 6.26. The monoisotopic (exact) mass is 275 g/mol. The molecule has 0 fully saturated rings. The third kappa shape index (κ3) is 2.01. The summed E-state index contributed by atoms with van der Waals surface area (Å²) in [5, 5.41) is 0. The molecule has 20 heavy (non-hydrogen) atoms. The number of benzene rings is 2. The average molecular weight is 275 g/mol. The van der Waals surface area contributed by atoms with Crippen molar-refractivity contribution >= 4 is 5.71 Å². The molecule has 2 aromatic carbocycles. The van der Waals surface area contributed by atoms with E-state index in [0.717, 1.165) is 28.7 Å². The molecule has 0 radical (unpaired) electrons. The van der Waals surface area contributed by atoms with Gasteiger partial charge >= 0.3 is 6.18 Å². The number of alkyl halides is 3. The second-order valence-corrected chi connectivity index (χ2v) is 4.78. The minimum Gasteiger partial charge on any atom is -0.283 e. The maximum Gasteiger partial charge on any atom is 0.433 e. The van der Waals surface area contributed by atoms with Gasteiger partial charge in [-0.25, -0.2) is 0 Å². The number of halogens is 3. The third-order valence-corrected chi connectivity index (χ3v) is 3.56. The van der Waals surface area contributed by atoms with Gasteiger partial charge in [-0.2, -0.15) is 13.2 Å². The number of hydrogen-bond acceptors (Lipinski definition) is 1. The van der Waals surface area contributed by atoms with Crippen molar-refractivity contribution in [1.29, 1.82) is 0 Å². The molecule has 102 valence electrons. The van der Waals surface area contributed by atoms with E-state index in [1.54, 1.807) is 12.1 Å². The fourth-order valence-corrected chi connectivity index (χ4v) is 2.69. The van der Waals surface area contributed by atoms with Crippen molar-refractivity contribution in [2.45, 2.75) is 12.6 Å². The lowest BCUT2D eigenvalue weighted by Crippen LogP contribution is -2.24. The Morgan fingerprint density at radius 3 is 2.40 bits per heavy atom. The summed E-state index contributed by atoms with van der Waals surface area (Å²) in [6.07, 6.45) is -3.66. The summed E-state index contributed by atoms with van der Waals surface area (Å²) in [5.41, 5.74) is 3.40. The number of rotatable bonds is 1. The summed E-state index contributed by atoms with van der Waals surface area (Å²) in [6.45, 7) is 0. The zero-order chi connectivity index (χ0) is 14.3. The Morgan fingerprint density at radius 1 is 1.00 bits per heavy atom. The Labute approximate surface area is 114 Å². The van der Waals surface area contributed by atoms with Gasteiger partial charge in [0.1, 0.15) is 5.71 Å². The molecule has 4 heteroatoms. The Bertz CT molecular complexity index is 699. The van der Waals surface area contributed by atoms with Crippen LogP contribution in [0.2, 0.25) is 0 Å². The van der Waals surface area contributed by atoms with E-state index >= 15 is 0 Å². The van der Waals surface area contributed by atoms with Gasteiger partial charge in [0.05, 0.1) is 0 Å². The molecule has 3 rings (SSSR count). The van der Waals surface area contributed by atoms with Gasteiger partial charge in [0.2, 0.25) is 0 Å². The number of nitrogens with zero attached hydrogens (tertiary/aromatic N) is 1. The molecule has 0 atom stereocenters. The van der Waals surface area contributed by atoms with E-state index in [4.69, 9.17) is 0 Å². The van der Waals surface area contributed by atoms with Crippen molar-refractivity contribution in [2.24, 2.45) is 4.99 Å². The maximum atomic E-state index is 12.9. The quantitative estimate of drug-likeness (QED) is 0.589. The van der Waals surface area contributed by atoms with Crippen molar-refractivity contribution in [3.63, 3.8) is 0 Å². The van der Waals surface area contributed by atoms with Crippen molar-refractivity contribution in [3.05, 3.63) is 59.2 Å². The molecule has 1 aliphatic rings. The average Bonchev–Trinajstić information content (AvgIpc) is 2.76. The normalized spacial score (nSPS) is 14.1. The maximum absolute atomic E-state index is 12.9. The molecule has 0 spiro atoms. The molecular formula is C16H12F3N. The Hall–Kier alpha value is -2.10. The molecular weight excluding hydrogens is 263 g/mol. The zero-order valence-electron chi connectivity index (χ0n) is 10.8. The lowest BCUT2D eigenvalue weighted by molar-refractivity contribution is -0.0581. The highest BCUT2D eigenvalue weighted by molar-refractivity contribution is 6.05. The van der Waals surface area contributed by atoms with Gasteiger partial charge < -0.3 is 0 Å². The second-order valence-electron chi connectivity index (χ2n) is 4.78.